The molecule has 0 bridgehead atoms. The van der Waals surface area contributed by atoms with Crippen LogP contribution in [-0.4, -0.2) is 41.2 Å². The van der Waals surface area contributed by atoms with E-state index in [1.807, 2.05) is 0 Å². The number of nitrogens with one attached hydrogen (secondary N) is 1. The lowest BCUT2D eigenvalue weighted by atomic mass is 10.2. The van der Waals surface area contributed by atoms with E-state index in [2.05, 4.69) is 5.32 Å². The monoisotopic (exact) mass is 408 g/mol. The van der Waals surface area contributed by atoms with E-state index in [9.17, 15) is 19.2 Å². The molecular weight excluding hydrogens is 388 g/mol. The fourth-order valence-electron chi connectivity index (χ4n) is 2.90. The second-order valence-corrected chi connectivity index (χ2v) is 6.38. The predicted octanol–water partition coefficient (Wildman–Crippen LogP) is 3.11. The number of fused-ring (bicyclic) bond motifs is 1. The lowest BCUT2D eigenvalue weighted by Crippen LogP contribution is -2.21. The second kappa shape index (κ2) is 9.04. The summed E-state index contributed by atoms with van der Waals surface area (Å²) in [7, 11) is 0. The van der Waals surface area contributed by atoms with Crippen molar-refractivity contribution in [1.82, 2.24) is 4.40 Å². The zero-order chi connectivity index (χ0) is 21.7. The number of ether oxygens (including phenoxy) is 2. The number of hydrogen-bond acceptors (Lipinski definition) is 6. The first-order valence-corrected chi connectivity index (χ1v) is 9.26. The van der Waals surface area contributed by atoms with Crippen LogP contribution in [0, 0.1) is 0 Å². The Kier molecular flexibility index (Phi) is 6.26. The molecule has 0 aliphatic carbocycles. The Bertz CT molecular complexity index is 1110. The third-order valence-electron chi connectivity index (χ3n) is 4.27. The van der Waals surface area contributed by atoms with Crippen molar-refractivity contribution in [3.63, 3.8) is 0 Å². The number of esters is 2. The number of amides is 1. The summed E-state index contributed by atoms with van der Waals surface area (Å²) in [4.78, 5) is 48.0. The van der Waals surface area contributed by atoms with Crippen LogP contribution in [0.4, 0.5) is 5.69 Å². The van der Waals surface area contributed by atoms with E-state index in [0.717, 1.165) is 0 Å². The van der Waals surface area contributed by atoms with Gasteiger partial charge in [0.05, 0.1) is 28.9 Å². The Morgan fingerprint density at radius 3 is 2.37 bits per heavy atom. The number of Topliss-reactive ketones (excluding diaryl/α,β-unsaturated/α-hetero) is 1. The highest BCUT2D eigenvalue weighted by Gasteiger charge is 2.19. The average Bonchev–Trinajstić information content (AvgIpc) is 3.13. The molecule has 0 radical (unpaired) electrons. The van der Waals surface area contributed by atoms with E-state index < -0.39 is 24.5 Å². The number of anilines is 1. The molecule has 0 aliphatic heterocycles. The zero-order valence-electron chi connectivity index (χ0n) is 16.5. The van der Waals surface area contributed by atoms with Crippen LogP contribution in [0.5, 0.6) is 0 Å². The van der Waals surface area contributed by atoms with Crippen molar-refractivity contribution in [2.24, 2.45) is 0 Å². The van der Waals surface area contributed by atoms with Crippen molar-refractivity contribution >= 4 is 34.8 Å². The number of carbonyl (C=O) groups is 4. The Balaban J connectivity index is 1.63. The Hall–Kier alpha value is -3.94. The van der Waals surface area contributed by atoms with Gasteiger partial charge in [-0.05, 0) is 49.4 Å². The lowest BCUT2D eigenvalue weighted by Gasteiger charge is -2.07. The summed E-state index contributed by atoms with van der Waals surface area (Å²) in [6, 6.07) is 12.8. The standard InChI is InChI=1S/C22H20N2O6/c1-3-29-21(27)15-7-9-16(10-8-15)23-20(26)13-30-22(28)17-12-19(14(2)25)24-11-5-4-6-18(17)24/h4-12H,3,13H2,1-2H3,(H,23,26). The molecule has 0 atom stereocenters. The number of rotatable bonds is 7. The van der Waals surface area contributed by atoms with Crippen molar-refractivity contribution in [2.75, 3.05) is 18.5 Å². The summed E-state index contributed by atoms with van der Waals surface area (Å²) in [5, 5.41) is 2.58. The minimum absolute atomic E-state index is 0.195. The molecule has 30 heavy (non-hydrogen) atoms. The average molecular weight is 408 g/mol. The maximum absolute atomic E-state index is 12.5. The van der Waals surface area contributed by atoms with Gasteiger partial charge in [-0.25, -0.2) is 9.59 Å². The Labute approximate surface area is 172 Å². The first-order valence-electron chi connectivity index (χ1n) is 9.26. The molecule has 3 aromatic rings. The van der Waals surface area contributed by atoms with Crippen molar-refractivity contribution in [3.05, 3.63) is 71.5 Å². The maximum atomic E-state index is 12.5. The van der Waals surface area contributed by atoms with E-state index in [1.165, 1.54) is 25.1 Å². The summed E-state index contributed by atoms with van der Waals surface area (Å²) in [6.07, 6.45) is 1.68. The topological polar surface area (TPSA) is 103 Å². The van der Waals surface area contributed by atoms with E-state index in [-0.39, 0.29) is 18.0 Å². The van der Waals surface area contributed by atoms with E-state index in [1.54, 1.807) is 47.9 Å². The summed E-state index contributed by atoms with van der Waals surface area (Å²) < 4.78 is 11.6. The van der Waals surface area contributed by atoms with Crippen LogP contribution in [0.3, 0.4) is 0 Å². The minimum atomic E-state index is -0.709. The van der Waals surface area contributed by atoms with E-state index in [4.69, 9.17) is 9.47 Å². The molecule has 3 rings (SSSR count). The van der Waals surface area contributed by atoms with Crippen LogP contribution < -0.4 is 5.32 Å². The van der Waals surface area contributed by atoms with Crippen LogP contribution in [0.2, 0.25) is 0 Å². The van der Waals surface area contributed by atoms with Gasteiger partial charge in [0, 0.05) is 18.8 Å². The number of carbonyl (C=O) groups excluding carboxylic acids is 4. The molecule has 8 heteroatoms. The first-order chi connectivity index (χ1) is 14.4. The third-order valence-corrected chi connectivity index (χ3v) is 4.27. The van der Waals surface area contributed by atoms with Crippen LogP contribution in [0.15, 0.2) is 54.7 Å². The summed E-state index contributed by atoms with van der Waals surface area (Å²) >= 11 is 0. The molecule has 0 saturated heterocycles. The van der Waals surface area contributed by atoms with Gasteiger partial charge in [-0.3, -0.25) is 9.59 Å². The largest absolute Gasteiger partial charge is 0.462 e. The minimum Gasteiger partial charge on any atom is -0.462 e. The highest BCUT2D eigenvalue weighted by molar-refractivity contribution is 6.04. The van der Waals surface area contributed by atoms with Crippen LogP contribution in [-0.2, 0) is 14.3 Å². The fourth-order valence-corrected chi connectivity index (χ4v) is 2.90. The number of aromatic nitrogens is 1. The highest BCUT2D eigenvalue weighted by atomic mass is 16.5. The maximum Gasteiger partial charge on any atom is 0.340 e. The molecule has 2 heterocycles. The summed E-state index contributed by atoms with van der Waals surface area (Å²) in [6.45, 7) is 2.89. The molecule has 0 saturated carbocycles. The molecule has 1 aromatic carbocycles. The molecule has 2 aromatic heterocycles. The van der Waals surface area contributed by atoms with Gasteiger partial charge in [0.25, 0.3) is 5.91 Å². The predicted molar refractivity (Wildman–Crippen MR) is 109 cm³/mol. The zero-order valence-corrected chi connectivity index (χ0v) is 16.5. The van der Waals surface area contributed by atoms with Gasteiger partial charge >= 0.3 is 11.9 Å². The first kappa shape index (κ1) is 20.8. The van der Waals surface area contributed by atoms with Gasteiger partial charge in [-0.15, -0.1) is 0 Å². The molecule has 0 unspecified atom stereocenters. The summed E-state index contributed by atoms with van der Waals surface area (Å²) in [5.41, 5.74) is 1.87. The van der Waals surface area contributed by atoms with Crippen LogP contribution in [0.25, 0.3) is 5.52 Å². The van der Waals surface area contributed by atoms with Crippen LogP contribution in [0.1, 0.15) is 45.1 Å². The normalized spacial score (nSPS) is 10.5. The summed E-state index contributed by atoms with van der Waals surface area (Å²) in [5.74, 6) is -1.89. The van der Waals surface area contributed by atoms with Gasteiger partial charge in [0.1, 0.15) is 0 Å². The second-order valence-electron chi connectivity index (χ2n) is 6.38. The van der Waals surface area contributed by atoms with Crippen LogP contribution >= 0.6 is 0 Å². The van der Waals surface area contributed by atoms with Crippen molar-refractivity contribution < 1.29 is 28.7 Å². The quantitative estimate of drug-likeness (QED) is 0.476. The van der Waals surface area contributed by atoms with Crippen molar-refractivity contribution in [1.29, 1.82) is 0 Å². The molecule has 0 aliphatic rings. The molecule has 0 spiro atoms. The van der Waals surface area contributed by atoms with Crippen molar-refractivity contribution in [2.45, 2.75) is 13.8 Å². The number of pyridine rings is 1. The van der Waals surface area contributed by atoms with Gasteiger partial charge in [-0.1, -0.05) is 6.07 Å². The Morgan fingerprint density at radius 2 is 1.70 bits per heavy atom. The number of ketones is 1. The van der Waals surface area contributed by atoms with Gasteiger partial charge in [0.15, 0.2) is 12.4 Å². The molecule has 1 amide bonds. The smallest absolute Gasteiger partial charge is 0.340 e. The van der Waals surface area contributed by atoms with E-state index in [0.29, 0.717) is 22.5 Å². The van der Waals surface area contributed by atoms with Gasteiger partial charge in [0.2, 0.25) is 0 Å². The number of nitrogens with zero attached hydrogens (tertiary/aromatic N) is 1. The SMILES string of the molecule is CCOC(=O)c1ccc(NC(=O)COC(=O)c2cc(C(C)=O)n3ccccc23)cc1. The lowest BCUT2D eigenvalue weighted by molar-refractivity contribution is -0.119. The highest BCUT2D eigenvalue weighted by Crippen LogP contribution is 2.19. The molecular formula is C22H20N2O6. The third kappa shape index (κ3) is 4.54. The Morgan fingerprint density at radius 1 is 0.967 bits per heavy atom. The molecule has 154 valence electrons. The number of hydrogen-bond donors (Lipinski definition) is 1. The van der Waals surface area contributed by atoms with Gasteiger partial charge < -0.3 is 19.2 Å². The molecule has 8 nitrogen and oxygen atoms in total. The van der Waals surface area contributed by atoms with E-state index >= 15 is 0 Å². The molecule has 0 fully saturated rings. The van der Waals surface area contributed by atoms with Gasteiger partial charge in [-0.2, -0.15) is 0 Å². The van der Waals surface area contributed by atoms with Crippen molar-refractivity contribution in [3.8, 4) is 0 Å². The molecule has 1 N–H and O–H groups in total. The number of benzene rings is 1. The fraction of sp³-hybridized carbons (Fsp3) is 0.182.